The van der Waals surface area contributed by atoms with E-state index in [1.165, 1.54) is 10.9 Å². The van der Waals surface area contributed by atoms with Gasteiger partial charge >= 0.3 is 0 Å². The number of aryl methyl sites for hydroxylation is 1. The second-order valence-electron chi connectivity index (χ2n) is 6.02. The molecule has 0 spiro atoms. The van der Waals surface area contributed by atoms with Crippen molar-refractivity contribution in [2.75, 3.05) is 5.32 Å². The molecular weight excluding hydrogens is 344 g/mol. The van der Waals surface area contributed by atoms with E-state index in [4.69, 9.17) is 0 Å². The van der Waals surface area contributed by atoms with E-state index in [2.05, 4.69) is 20.4 Å². The van der Waals surface area contributed by atoms with E-state index in [0.29, 0.717) is 22.4 Å². The minimum absolute atomic E-state index is 0.150. The third-order valence-corrected chi connectivity index (χ3v) is 4.15. The fourth-order valence-electron chi connectivity index (χ4n) is 2.87. The zero-order chi connectivity index (χ0) is 18.8. The molecule has 0 saturated heterocycles. The Balaban J connectivity index is 1.60. The summed E-state index contributed by atoms with van der Waals surface area (Å²) in [6.45, 7) is 1.74. The van der Waals surface area contributed by atoms with Gasteiger partial charge in [0.2, 0.25) is 5.91 Å². The van der Waals surface area contributed by atoms with Crippen LogP contribution in [0.4, 0.5) is 5.69 Å². The van der Waals surface area contributed by atoms with Crippen LogP contribution in [0.25, 0.3) is 16.7 Å². The Morgan fingerprint density at radius 2 is 2.00 bits per heavy atom. The van der Waals surface area contributed by atoms with Crippen molar-refractivity contribution in [2.45, 2.75) is 13.5 Å². The van der Waals surface area contributed by atoms with E-state index in [-0.39, 0.29) is 18.0 Å². The third-order valence-electron chi connectivity index (χ3n) is 4.15. The fourth-order valence-corrected chi connectivity index (χ4v) is 2.87. The lowest BCUT2D eigenvalue weighted by Gasteiger charge is -2.11. The van der Waals surface area contributed by atoms with Crippen LogP contribution in [0.5, 0.6) is 0 Å². The summed E-state index contributed by atoms with van der Waals surface area (Å²) in [6, 6.07) is 10.6. The quantitative estimate of drug-likeness (QED) is 0.600. The Hall–Kier alpha value is -3.81. The van der Waals surface area contributed by atoms with Gasteiger partial charge in [0.25, 0.3) is 5.56 Å². The van der Waals surface area contributed by atoms with Crippen LogP contribution < -0.4 is 10.9 Å². The standard InChI is InChI=1S/C19H16N6O2/c1-13-5-2-6-14-17(13)21-12-24(19(14)27)11-16(26)23-15-7-3-8-20-18(15)25-10-4-9-22-25/h2-10,12H,11H2,1H3,(H,23,26). The second-order valence-corrected chi connectivity index (χ2v) is 6.02. The van der Waals surface area contributed by atoms with Gasteiger partial charge in [-0.15, -0.1) is 0 Å². The molecule has 3 aromatic heterocycles. The summed E-state index contributed by atoms with van der Waals surface area (Å²) in [6.07, 6.45) is 6.38. The number of nitrogens with one attached hydrogen (secondary N) is 1. The molecule has 0 aliphatic rings. The number of rotatable bonds is 4. The van der Waals surface area contributed by atoms with Crippen LogP contribution in [-0.4, -0.2) is 30.2 Å². The summed E-state index contributed by atoms with van der Waals surface area (Å²) in [7, 11) is 0. The number of amides is 1. The normalized spacial score (nSPS) is 10.9. The molecule has 0 bridgehead atoms. The molecule has 4 rings (SSSR count). The van der Waals surface area contributed by atoms with Crippen molar-refractivity contribution in [3.8, 4) is 5.82 Å². The third kappa shape index (κ3) is 3.20. The molecule has 27 heavy (non-hydrogen) atoms. The highest BCUT2D eigenvalue weighted by Crippen LogP contribution is 2.16. The highest BCUT2D eigenvalue weighted by Gasteiger charge is 2.12. The maximum atomic E-state index is 12.6. The van der Waals surface area contributed by atoms with Gasteiger partial charge in [0.1, 0.15) is 6.54 Å². The first-order valence-electron chi connectivity index (χ1n) is 8.33. The first kappa shape index (κ1) is 16.6. The highest BCUT2D eigenvalue weighted by atomic mass is 16.2. The summed E-state index contributed by atoms with van der Waals surface area (Å²) in [5, 5.41) is 7.41. The SMILES string of the molecule is Cc1cccc2c(=O)n(CC(=O)Nc3cccnc3-n3cccn3)cnc12. The number of carbonyl (C=O) groups is 1. The Morgan fingerprint density at radius 1 is 1.11 bits per heavy atom. The van der Waals surface area contributed by atoms with Gasteiger partial charge in [-0.1, -0.05) is 12.1 Å². The lowest BCUT2D eigenvalue weighted by Crippen LogP contribution is -2.28. The summed E-state index contributed by atoms with van der Waals surface area (Å²) in [4.78, 5) is 33.7. The van der Waals surface area contributed by atoms with Crippen molar-refractivity contribution >= 4 is 22.5 Å². The number of hydrogen-bond donors (Lipinski definition) is 1. The van der Waals surface area contributed by atoms with Gasteiger partial charge in [0.05, 0.1) is 22.9 Å². The molecule has 4 aromatic rings. The van der Waals surface area contributed by atoms with Gasteiger partial charge in [0, 0.05) is 18.6 Å². The molecule has 0 unspecified atom stereocenters. The zero-order valence-corrected chi connectivity index (χ0v) is 14.5. The van der Waals surface area contributed by atoms with Gasteiger partial charge in [-0.3, -0.25) is 14.2 Å². The van der Waals surface area contributed by atoms with Crippen molar-refractivity contribution in [3.63, 3.8) is 0 Å². The minimum Gasteiger partial charge on any atom is -0.321 e. The monoisotopic (exact) mass is 360 g/mol. The first-order chi connectivity index (χ1) is 13.1. The van der Waals surface area contributed by atoms with Crippen LogP contribution in [-0.2, 0) is 11.3 Å². The smallest absolute Gasteiger partial charge is 0.261 e. The molecule has 0 atom stereocenters. The number of nitrogens with zero attached hydrogens (tertiary/aromatic N) is 5. The first-order valence-corrected chi connectivity index (χ1v) is 8.33. The fraction of sp³-hybridized carbons (Fsp3) is 0.105. The molecule has 0 aliphatic heterocycles. The number of fused-ring (bicyclic) bond motifs is 1. The predicted molar refractivity (Wildman–Crippen MR) is 101 cm³/mol. The van der Waals surface area contributed by atoms with Crippen molar-refractivity contribution in [1.29, 1.82) is 0 Å². The van der Waals surface area contributed by atoms with Crippen LogP contribution in [0.3, 0.4) is 0 Å². The largest absolute Gasteiger partial charge is 0.321 e. The predicted octanol–water partition coefficient (Wildman–Crippen LogP) is 1.92. The lowest BCUT2D eigenvalue weighted by atomic mass is 10.1. The summed E-state index contributed by atoms with van der Waals surface area (Å²) in [5.41, 5.74) is 1.81. The Kier molecular flexibility index (Phi) is 4.21. The Bertz CT molecular complexity index is 1180. The van der Waals surface area contributed by atoms with E-state index in [9.17, 15) is 9.59 Å². The topological polar surface area (TPSA) is 94.7 Å². The number of anilines is 1. The van der Waals surface area contributed by atoms with E-state index in [1.807, 2.05) is 13.0 Å². The molecule has 1 amide bonds. The van der Waals surface area contributed by atoms with Crippen molar-refractivity contribution in [1.82, 2.24) is 24.3 Å². The second kappa shape index (κ2) is 6.83. The van der Waals surface area contributed by atoms with Crippen LogP contribution in [0.1, 0.15) is 5.56 Å². The minimum atomic E-state index is -0.354. The maximum absolute atomic E-state index is 12.6. The maximum Gasteiger partial charge on any atom is 0.261 e. The van der Waals surface area contributed by atoms with Crippen molar-refractivity contribution < 1.29 is 4.79 Å². The van der Waals surface area contributed by atoms with Gasteiger partial charge < -0.3 is 5.32 Å². The molecule has 3 heterocycles. The highest BCUT2D eigenvalue weighted by molar-refractivity contribution is 5.92. The number of carbonyl (C=O) groups excluding carboxylic acids is 1. The molecule has 8 nitrogen and oxygen atoms in total. The summed E-state index contributed by atoms with van der Waals surface area (Å²) in [5.74, 6) is 0.141. The molecule has 0 radical (unpaired) electrons. The summed E-state index contributed by atoms with van der Waals surface area (Å²) >= 11 is 0. The van der Waals surface area contributed by atoms with Crippen LogP contribution in [0, 0.1) is 6.92 Å². The van der Waals surface area contributed by atoms with E-state index in [1.54, 1.807) is 53.6 Å². The van der Waals surface area contributed by atoms with Crippen molar-refractivity contribution in [3.05, 3.63) is 77.2 Å². The zero-order valence-electron chi connectivity index (χ0n) is 14.5. The van der Waals surface area contributed by atoms with Crippen molar-refractivity contribution in [2.24, 2.45) is 0 Å². The Labute approximate surface area is 154 Å². The van der Waals surface area contributed by atoms with Crippen LogP contribution in [0.15, 0.2) is 66.1 Å². The van der Waals surface area contributed by atoms with Crippen LogP contribution in [0.2, 0.25) is 0 Å². The molecule has 134 valence electrons. The molecular formula is C19H16N6O2. The number of aromatic nitrogens is 5. The average Bonchev–Trinajstić information content (AvgIpc) is 3.19. The molecule has 8 heteroatoms. The lowest BCUT2D eigenvalue weighted by molar-refractivity contribution is -0.116. The number of benzene rings is 1. The number of para-hydroxylation sites is 1. The van der Waals surface area contributed by atoms with Gasteiger partial charge in [-0.2, -0.15) is 5.10 Å². The number of hydrogen-bond acceptors (Lipinski definition) is 5. The molecule has 0 aliphatic carbocycles. The molecule has 1 N–H and O–H groups in total. The molecule has 1 aromatic carbocycles. The van der Waals surface area contributed by atoms with Gasteiger partial charge in [-0.25, -0.2) is 14.6 Å². The van der Waals surface area contributed by atoms with E-state index in [0.717, 1.165) is 5.56 Å². The van der Waals surface area contributed by atoms with Gasteiger partial charge in [-0.05, 0) is 36.8 Å². The molecule has 0 fully saturated rings. The number of pyridine rings is 1. The average molecular weight is 360 g/mol. The summed E-state index contributed by atoms with van der Waals surface area (Å²) < 4.78 is 2.85. The van der Waals surface area contributed by atoms with E-state index < -0.39 is 0 Å². The Morgan fingerprint density at radius 3 is 2.81 bits per heavy atom. The molecule has 0 saturated carbocycles. The van der Waals surface area contributed by atoms with Gasteiger partial charge in [0.15, 0.2) is 5.82 Å². The van der Waals surface area contributed by atoms with Crippen LogP contribution >= 0.6 is 0 Å². The van der Waals surface area contributed by atoms with E-state index >= 15 is 0 Å².